The van der Waals surface area contributed by atoms with Crippen LogP contribution in [0.4, 0.5) is 0 Å². The average Bonchev–Trinajstić information content (AvgIpc) is 2.35. The molecule has 0 aliphatic heterocycles. The van der Waals surface area contributed by atoms with E-state index in [0.717, 1.165) is 18.5 Å². The predicted molar refractivity (Wildman–Crippen MR) is 81.0 cm³/mol. The van der Waals surface area contributed by atoms with Gasteiger partial charge in [-0.15, -0.1) is 0 Å². The molecule has 0 bridgehead atoms. The van der Waals surface area contributed by atoms with Crippen LogP contribution in [0, 0.1) is 0 Å². The van der Waals surface area contributed by atoms with E-state index in [9.17, 15) is 4.21 Å². The van der Waals surface area contributed by atoms with Crippen LogP contribution < -0.4 is 5.32 Å². The van der Waals surface area contributed by atoms with Gasteiger partial charge in [-0.05, 0) is 24.1 Å². The largest absolute Gasteiger partial charge is 0.309 e. The molecule has 0 spiro atoms. The van der Waals surface area contributed by atoms with E-state index in [1.807, 2.05) is 19.1 Å². The summed E-state index contributed by atoms with van der Waals surface area (Å²) in [6.07, 6.45) is 0.931. The van der Waals surface area contributed by atoms with Crippen molar-refractivity contribution in [2.24, 2.45) is 0 Å². The van der Waals surface area contributed by atoms with Gasteiger partial charge in [0.1, 0.15) is 0 Å². The number of benzene rings is 1. The SMILES string of the molecule is CCC(NCCS(=O)CC)c1ccc(Cl)cc1Cl. The number of halogens is 2. The topological polar surface area (TPSA) is 29.1 Å². The maximum absolute atomic E-state index is 11.4. The zero-order chi connectivity index (χ0) is 13.5. The van der Waals surface area contributed by atoms with Crippen LogP contribution in [-0.2, 0) is 10.8 Å². The number of rotatable bonds is 7. The Morgan fingerprint density at radius 3 is 2.61 bits per heavy atom. The summed E-state index contributed by atoms with van der Waals surface area (Å²) in [7, 11) is -0.727. The Labute approximate surface area is 122 Å². The van der Waals surface area contributed by atoms with Gasteiger partial charge in [-0.1, -0.05) is 43.1 Å². The molecule has 0 radical (unpaired) electrons. The summed E-state index contributed by atoms with van der Waals surface area (Å²) < 4.78 is 11.4. The molecule has 2 unspecified atom stereocenters. The van der Waals surface area contributed by atoms with Crippen molar-refractivity contribution in [3.8, 4) is 0 Å². The number of hydrogen-bond acceptors (Lipinski definition) is 2. The second kappa shape index (κ2) is 8.16. The summed E-state index contributed by atoms with van der Waals surface area (Å²) in [5, 5.41) is 4.71. The molecule has 0 aliphatic rings. The molecule has 0 saturated carbocycles. The average molecular weight is 308 g/mol. The van der Waals surface area contributed by atoms with Gasteiger partial charge in [0.25, 0.3) is 0 Å². The van der Waals surface area contributed by atoms with E-state index in [0.29, 0.717) is 21.6 Å². The van der Waals surface area contributed by atoms with Gasteiger partial charge in [-0.2, -0.15) is 0 Å². The first-order valence-corrected chi connectivity index (χ1v) is 8.36. The Bertz CT molecular complexity index is 412. The van der Waals surface area contributed by atoms with Crippen LogP contribution in [0.1, 0.15) is 31.9 Å². The Morgan fingerprint density at radius 2 is 2.06 bits per heavy atom. The monoisotopic (exact) mass is 307 g/mol. The molecule has 2 nitrogen and oxygen atoms in total. The lowest BCUT2D eigenvalue weighted by molar-refractivity contribution is 0.538. The predicted octanol–water partition coefficient (Wildman–Crippen LogP) is 3.80. The normalized spacial score (nSPS) is 14.4. The molecule has 1 N–H and O–H groups in total. The van der Waals surface area contributed by atoms with E-state index in [1.54, 1.807) is 6.07 Å². The molecule has 1 aromatic carbocycles. The summed E-state index contributed by atoms with van der Waals surface area (Å²) in [6.45, 7) is 4.76. The van der Waals surface area contributed by atoms with Crippen LogP contribution in [-0.4, -0.2) is 22.3 Å². The highest BCUT2D eigenvalue weighted by Gasteiger charge is 2.12. The van der Waals surface area contributed by atoms with Gasteiger partial charge >= 0.3 is 0 Å². The lowest BCUT2D eigenvalue weighted by atomic mass is 10.0. The van der Waals surface area contributed by atoms with Crippen molar-refractivity contribution in [2.75, 3.05) is 18.1 Å². The molecule has 0 saturated heterocycles. The fourth-order valence-corrected chi connectivity index (χ4v) is 2.92. The van der Waals surface area contributed by atoms with Crippen LogP contribution in [0.5, 0.6) is 0 Å². The van der Waals surface area contributed by atoms with Crippen LogP contribution in [0.2, 0.25) is 10.0 Å². The number of hydrogen-bond donors (Lipinski definition) is 1. The smallest absolute Gasteiger partial charge is 0.0468 e. The van der Waals surface area contributed by atoms with Gasteiger partial charge in [0.2, 0.25) is 0 Å². The van der Waals surface area contributed by atoms with Crippen molar-refractivity contribution < 1.29 is 4.21 Å². The molecule has 0 aliphatic carbocycles. The number of nitrogens with one attached hydrogen (secondary N) is 1. The lowest BCUT2D eigenvalue weighted by Gasteiger charge is -2.18. The summed E-state index contributed by atoms with van der Waals surface area (Å²) in [6, 6.07) is 5.73. The molecule has 1 aromatic rings. The summed E-state index contributed by atoms with van der Waals surface area (Å²) in [5.74, 6) is 1.39. The van der Waals surface area contributed by atoms with Crippen molar-refractivity contribution in [1.29, 1.82) is 0 Å². The zero-order valence-electron chi connectivity index (χ0n) is 10.7. The van der Waals surface area contributed by atoms with E-state index >= 15 is 0 Å². The molecule has 0 fully saturated rings. The summed E-state index contributed by atoms with van der Waals surface area (Å²) >= 11 is 12.1. The maximum atomic E-state index is 11.4. The fourth-order valence-electron chi connectivity index (χ4n) is 1.75. The third-order valence-electron chi connectivity index (χ3n) is 2.79. The van der Waals surface area contributed by atoms with Crippen molar-refractivity contribution in [3.63, 3.8) is 0 Å². The molecular formula is C13H19Cl2NOS. The minimum Gasteiger partial charge on any atom is -0.309 e. The lowest BCUT2D eigenvalue weighted by Crippen LogP contribution is -2.26. The van der Waals surface area contributed by atoms with Crippen LogP contribution in [0.25, 0.3) is 0 Å². The fraction of sp³-hybridized carbons (Fsp3) is 0.538. The standard InChI is InChI=1S/C13H19Cl2NOS/c1-3-13(16-7-8-18(17)4-2)11-6-5-10(14)9-12(11)15/h5-6,9,13,16H,3-4,7-8H2,1-2H3. The van der Waals surface area contributed by atoms with Crippen molar-refractivity contribution in [1.82, 2.24) is 5.32 Å². The molecular weight excluding hydrogens is 289 g/mol. The summed E-state index contributed by atoms with van der Waals surface area (Å²) in [4.78, 5) is 0. The van der Waals surface area contributed by atoms with Gasteiger partial charge in [0, 0.05) is 44.9 Å². The highest BCUT2D eigenvalue weighted by Crippen LogP contribution is 2.27. The second-order valence-electron chi connectivity index (χ2n) is 4.01. The van der Waals surface area contributed by atoms with Crippen LogP contribution >= 0.6 is 23.2 Å². The second-order valence-corrected chi connectivity index (χ2v) is 6.72. The first-order valence-electron chi connectivity index (χ1n) is 6.11. The Balaban J connectivity index is 2.62. The Kier molecular flexibility index (Phi) is 7.23. The van der Waals surface area contributed by atoms with E-state index < -0.39 is 10.8 Å². The van der Waals surface area contributed by atoms with Crippen molar-refractivity contribution in [2.45, 2.75) is 26.3 Å². The molecule has 18 heavy (non-hydrogen) atoms. The van der Waals surface area contributed by atoms with Crippen molar-refractivity contribution >= 4 is 34.0 Å². The minimum atomic E-state index is -0.727. The highest BCUT2D eigenvalue weighted by atomic mass is 35.5. The molecule has 0 heterocycles. The maximum Gasteiger partial charge on any atom is 0.0468 e. The third-order valence-corrected chi connectivity index (χ3v) is 4.65. The van der Waals surface area contributed by atoms with Crippen molar-refractivity contribution in [3.05, 3.63) is 33.8 Å². The molecule has 0 aromatic heterocycles. The minimum absolute atomic E-state index is 0.184. The van der Waals surface area contributed by atoms with E-state index in [2.05, 4.69) is 12.2 Å². The summed E-state index contributed by atoms with van der Waals surface area (Å²) in [5.41, 5.74) is 1.05. The molecule has 2 atom stereocenters. The Morgan fingerprint density at radius 1 is 1.33 bits per heavy atom. The third kappa shape index (κ3) is 4.88. The first kappa shape index (κ1) is 16.0. The first-order chi connectivity index (χ1) is 8.58. The quantitative estimate of drug-likeness (QED) is 0.830. The van der Waals surface area contributed by atoms with Gasteiger partial charge in [-0.25, -0.2) is 0 Å². The van der Waals surface area contributed by atoms with Gasteiger partial charge in [-0.3, -0.25) is 4.21 Å². The van der Waals surface area contributed by atoms with Gasteiger partial charge in [0.05, 0.1) is 0 Å². The molecule has 5 heteroatoms. The molecule has 0 amide bonds. The Hall–Kier alpha value is -0.0900. The zero-order valence-corrected chi connectivity index (χ0v) is 13.0. The van der Waals surface area contributed by atoms with Crippen LogP contribution in [0.3, 0.4) is 0 Å². The van der Waals surface area contributed by atoms with E-state index in [1.165, 1.54) is 0 Å². The van der Waals surface area contributed by atoms with E-state index in [-0.39, 0.29) is 6.04 Å². The highest BCUT2D eigenvalue weighted by molar-refractivity contribution is 7.84. The molecule has 1 rings (SSSR count). The van der Waals surface area contributed by atoms with E-state index in [4.69, 9.17) is 23.2 Å². The van der Waals surface area contributed by atoms with Gasteiger partial charge in [0.15, 0.2) is 0 Å². The molecule has 102 valence electrons. The van der Waals surface area contributed by atoms with Crippen LogP contribution in [0.15, 0.2) is 18.2 Å². The van der Waals surface area contributed by atoms with Gasteiger partial charge < -0.3 is 5.32 Å².